The SMILES string of the molecule is CNC(=O)C(C)=[N-].[K+]. The van der Waals surface area contributed by atoms with Crippen LogP contribution in [0.5, 0.6) is 0 Å². The molecule has 0 aromatic carbocycles. The number of carbonyl (C=O) groups excluding carboxylic acids is 1. The van der Waals surface area contributed by atoms with Crippen LogP contribution < -0.4 is 56.7 Å². The van der Waals surface area contributed by atoms with Crippen LogP contribution in [0.4, 0.5) is 0 Å². The van der Waals surface area contributed by atoms with E-state index < -0.39 is 5.91 Å². The summed E-state index contributed by atoms with van der Waals surface area (Å²) in [6.07, 6.45) is 0. The standard InChI is InChI=1S/C4H7N2O.K/c1-3(5)4(7)6-2;/h1-2H3,(H,6,7);/q-1;+1. The molecule has 0 aromatic rings. The molecule has 8 heavy (non-hydrogen) atoms. The third-order valence-electron chi connectivity index (χ3n) is 0.556. The van der Waals surface area contributed by atoms with Crippen LogP contribution in [0.15, 0.2) is 0 Å². The summed E-state index contributed by atoms with van der Waals surface area (Å²) in [4.78, 5) is 10.1. The monoisotopic (exact) mass is 138 g/mol. The molecule has 0 unspecified atom stereocenters. The fourth-order valence-electron chi connectivity index (χ4n) is 0.181. The zero-order valence-electron chi connectivity index (χ0n) is 5.36. The van der Waals surface area contributed by atoms with Gasteiger partial charge in [-0.2, -0.15) is 0 Å². The second kappa shape index (κ2) is 5.90. The van der Waals surface area contributed by atoms with Gasteiger partial charge in [0.15, 0.2) is 0 Å². The molecule has 0 saturated heterocycles. The molecule has 0 atom stereocenters. The van der Waals surface area contributed by atoms with Crippen LogP contribution in [0.1, 0.15) is 6.92 Å². The van der Waals surface area contributed by atoms with Gasteiger partial charge in [-0.25, -0.2) is 0 Å². The molecule has 0 bridgehead atoms. The smallest absolute Gasteiger partial charge is 0.803 e. The Morgan fingerprint density at radius 2 is 2.00 bits per heavy atom. The first-order chi connectivity index (χ1) is 3.18. The van der Waals surface area contributed by atoms with Crippen molar-refractivity contribution in [1.82, 2.24) is 5.32 Å². The van der Waals surface area contributed by atoms with Gasteiger partial charge in [-0.3, -0.25) is 4.79 Å². The van der Waals surface area contributed by atoms with E-state index in [1.807, 2.05) is 0 Å². The van der Waals surface area contributed by atoms with Crippen LogP contribution in [-0.4, -0.2) is 18.7 Å². The number of nitrogens with one attached hydrogen (secondary N) is 1. The zero-order valence-corrected chi connectivity index (χ0v) is 8.48. The molecule has 0 radical (unpaired) electrons. The number of nitrogens with zero attached hydrogens (tertiary/aromatic N) is 1. The van der Waals surface area contributed by atoms with Gasteiger partial charge in [0.2, 0.25) is 5.91 Å². The minimum atomic E-state index is -0.431. The molecule has 0 rings (SSSR count). The summed E-state index contributed by atoms with van der Waals surface area (Å²) in [5.41, 5.74) is -0.206. The van der Waals surface area contributed by atoms with Crippen molar-refractivity contribution in [3.8, 4) is 0 Å². The molecule has 0 saturated carbocycles. The van der Waals surface area contributed by atoms with Crippen LogP contribution in [0.3, 0.4) is 0 Å². The van der Waals surface area contributed by atoms with Gasteiger partial charge in [-0.1, -0.05) is 6.92 Å². The maximum absolute atomic E-state index is 10.1. The molecule has 1 N–H and O–H groups in total. The number of carbonyl (C=O) groups is 1. The van der Waals surface area contributed by atoms with Crippen LogP contribution >= 0.6 is 0 Å². The van der Waals surface area contributed by atoms with Crippen molar-refractivity contribution in [2.45, 2.75) is 6.92 Å². The minimum Gasteiger partial charge on any atom is -0.803 e. The molecule has 1 amide bonds. The second-order valence-electron chi connectivity index (χ2n) is 1.16. The van der Waals surface area contributed by atoms with Gasteiger partial charge in [-0.05, 0) is 0 Å². The summed E-state index contributed by atoms with van der Waals surface area (Å²) in [5.74, 6) is -0.431. The Kier molecular flexibility index (Phi) is 8.53. The molecule has 0 aliphatic carbocycles. The van der Waals surface area contributed by atoms with Gasteiger partial charge in [0.05, 0.1) is 0 Å². The fraction of sp³-hybridized carbons (Fsp3) is 0.500. The molecule has 3 nitrogen and oxygen atoms in total. The first-order valence-corrected chi connectivity index (χ1v) is 1.93. The largest absolute Gasteiger partial charge is 1.00 e. The first-order valence-electron chi connectivity index (χ1n) is 1.93. The van der Waals surface area contributed by atoms with Crippen molar-refractivity contribution in [2.75, 3.05) is 7.05 Å². The second-order valence-corrected chi connectivity index (χ2v) is 1.16. The van der Waals surface area contributed by atoms with Crippen LogP contribution in [0.25, 0.3) is 5.41 Å². The van der Waals surface area contributed by atoms with Crippen LogP contribution in [0, 0.1) is 0 Å². The molecule has 4 heteroatoms. The van der Waals surface area contributed by atoms with E-state index in [0.29, 0.717) is 0 Å². The zero-order chi connectivity index (χ0) is 5.86. The summed E-state index contributed by atoms with van der Waals surface area (Å²) < 4.78 is 0. The van der Waals surface area contributed by atoms with Gasteiger partial charge in [0.25, 0.3) is 0 Å². The summed E-state index contributed by atoms with van der Waals surface area (Å²) in [6, 6.07) is 0. The number of rotatable bonds is 1. The van der Waals surface area contributed by atoms with Crippen molar-refractivity contribution < 1.29 is 56.2 Å². The number of hydrogen-bond acceptors (Lipinski definition) is 1. The van der Waals surface area contributed by atoms with E-state index >= 15 is 0 Å². The average molecular weight is 138 g/mol. The summed E-state index contributed by atoms with van der Waals surface area (Å²) >= 11 is 0. The predicted octanol–water partition coefficient (Wildman–Crippen LogP) is -3.23. The molecule has 0 aliphatic heterocycles. The molecule has 0 heterocycles. The van der Waals surface area contributed by atoms with E-state index in [0.717, 1.165) is 0 Å². The number of hydrogen-bond donors (Lipinski definition) is 1. The molecule has 0 spiro atoms. The Hall–Kier alpha value is 0.776. The molecular formula is C4H7KN2O. The molecule has 0 fully saturated rings. The summed E-state index contributed by atoms with van der Waals surface area (Å²) in [7, 11) is 1.46. The van der Waals surface area contributed by atoms with Gasteiger partial charge in [-0.15, -0.1) is 5.71 Å². The molecule has 0 aromatic heterocycles. The Balaban J connectivity index is 0. The van der Waals surface area contributed by atoms with E-state index in [-0.39, 0.29) is 57.1 Å². The van der Waals surface area contributed by atoms with E-state index in [1.54, 1.807) is 0 Å². The van der Waals surface area contributed by atoms with E-state index in [1.165, 1.54) is 14.0 Å². The molecule has 40 valence electrons. The van der Waals surface area contributed by atoms with Gasteiger partial charge >= 0.3 is 51.4 Å². The Morgan fingerprint density at radius 1 is 1.62 bits per heavy atom. The third-order valence-corrected chi connectivity index (χ3v) is 0.556. The maximum atomic E-state index is 10.1. The van der Waals surface area contributed by atoms with Gasteiger partial charge in [0, 0.05) is 7.05 Å². The Morgan fingerprint density at radius 3 is 2.00 bits per heavy atom. The number of amides is 1. The molecule has 0 aliphatic rings. The van der Waals surface area contributed by atoms with Crippen LogP contribution in [0.2, 0.25) is 0 Å². The summed E-state index contributed by atoms with van der Waals surface area (Å²) in [5, 5.41) is 10.6. The Bertz CT molecular complexity index is 102. The average Bonchev–Trinajstić information content (AvgIpc) is 1.65. The van der Waals surface area contributed by atoms with Crippen LogP contribution in [-0.2, 0) is 4.79 Å². The maximum Gasteiger partial charge on any atom is 1.00 e. The van der Waals surface area contributed by atoms with Gasteiger partial charge in [0.1, 0.15) is 0 Å². The normalized spacial score (nSPS) is 6.75. The van der Waals surface area contributed by atoms with E-state index in [9.17, 15) is 4.79 Å². The van der Waals surface area contributed by atoms with Crippen molar-refractivity contribution in [2.24, 2.45) is 0 Å². The van der Waals surface area contributed by atoms with E-state index in [4.69, 9.17) is 5.41 Å². The quantitative estimate of drug-likeness (QED) is 0.300. The minimum absolute atomic E-state index is 0. The van der Waals surface area contributed by atoms with Crippen molar-refractivity contribution in [1.29, 1.82) is 0 Å². The molecular weight excluding hydrogens is 131 g/mol. The predicted molar refractivity (Wildman–Crippen MR) is 28.1 cm³/mol. The van der Waals surface area contributed by atoms with Crippen molar-refractivity contribution in [3.05, 3.63) is 5.41 Å². The Labute approximate surface area is 91.2 Å². The third kappa shape index (κ3) is 4.92. The van der Waals surface area contributed by atoms with Crippen molar-refractivity contribution in [3.63, 3.8) is 0 Å². The van der Waals surface area contributed by atoms with Gasteiger partial charge < -0.3 is 10.7 Å². The fourth-order valence-corrected chi connectivity index (χ4v) is 0.181. The van der Waals surface area contributed by atoms with Crippen molar-refractivity contribution >= 4 is 11.6 Å². The summed E-state index contributed by atoms with van der Waals surface area (Å²) in [6.45, 7) is 1.33. The van der Waals surface area contributed by atoms with E-state index in [2.05, 4.69) is 5.32 Å². The topological polar surface area (TPSA) is 51.4 Å². The first kappa shape index (κ1) is 11.6.